The Balaban J connectivity index is 1.08. The smallest absolute Gasteiger partial charge is 0.304 e. The number of carbonyl (C=O) groups is 1. The molecule has 2 aliphatic heterocycles. The topological polar surface area (TPSA) is 59.0 Å². The summed E-state index contributed by atoms with van der Waals surface area (Å²) in [5.41, 5.74) is 8.76. The molecule has 4 aromatic carbocycles. The first-order valence-electron chi connectivity index (χ1n) is 13.7. The number of aliphatic carboxylic acids is 1. The summed E-state index contributed by atoms with van der Waals surface area (Å²) in [6.07, 6.45) is 2.25. The molecule has 0 aliphatic carbocycles. The quantitative estimate of drug-likeness (QED) is 0.274. The van der Waals surface area contributed by atoms with E-state index in [1.54, 1.807) is 0 Å². The molecule has 198 valence electrons. The highest BCUT2D eigenvalue weighted by Crippen LogP contribution is 2.38. The van der Waals surface area contributed by atoms with Gasteiger partial charge in [-0.15, -0.1) is 0 Å². The summed E-state index contributed by atoms with van der Waals surface area (Å²) in [6, 6.07) is 31.8. The highest BCUT2D eigenvalue weighted by molar-refractivity contribution is 5.69. The molecule has 0 amide bonds. The second-order valence-electron chi connectivity index (χ2n) is 10.5. The number of fused-ring (bicyclic) bond motifs is 2. The molecule has 5 nitrogen and oxygen atoms in total. The zero-order valence-corrected chi connectivity index (χ0v) is 22.0. The van der Waals surface area contributed by atoms with Crippen LogP contribution in [0.1, 0.15) is 40.2 Å². The molecule has 4 aromatic rings. The largest absolute Gasteiger partial charge is 0.492 e. The van der Waals surface area contributed by atoms with Crippen LogP contribution < -0.4 is 9.47 Å². The number of hydrogen-bond acceptors (Lipinski definition) is 4. The predicted octanol–water partition coefficient (Wildman–Crippen LogP) is 6.48. The predicted molar refractivity (Wildman–Crippen MR) is 152 cm³/mol. The third-order valence-corrected chi connectivity index (χ3v) is 7.81. The van der Waals surface area contributed by atoms with Gasteiger partial charge in [0.25, 0.3) is 0 Å². The summed E-state index contributed by atoms with van der Waals surface area (Å²) in [5.74, 6) is 0.537. The van der Waals surface area contributed by atoms with E-state index >= 15 is 0 Å². The van der Waals surface area contributed by atoms with Crippen LogP contribution in [-0.4, -0.2) is 35.7 Å². The summed E-state index contributed by atoms with van der Waals surface area (Å²) in [4.78, 5) is 13.7. The fraction of sp³-hybridized carbons (Fsp3) is 0.265. The van der Waals surface area contributed by atoms with E-state index in [9.17, 15) is 4.79 Å². The summed E-state index contributed by atoms with van der Waals surface area (Å²) >= 11 is 0. The maximum atomic E-state index is 11.1. The van der Waals surface area contributed by atoms with Gasteiger partial charge in [-0.3, -0.25) is 9.69 Å². The molecule has 5 heteroatoms. The monoisotopic (exact) mass is 519 g/mol. The van der Waals surface area contributed by atoms with Crippen LogP contribution in [0.2, 0.25) is 0 Å². The average molecular weight is 520 g/mol. The number of nitrogens with zero attached hydrogens (tertiary/aromatic N) is 1. The highest BCUT2D eigenvalue weighted by Gasteiger charge is 2.26. The molecule has 2 aliphatic rings. The molecular formula is C34H33NO4. The maximum absolute atomic E-state index is 11.1. The molecule has 39 heavy (non-hydrogen) atoms. The van der Waals surface area contributed by atoms with Gasteiger partial charge < -0.3 is 14.6 Å². The summed E-state index contributed by atoms with van der Waals surface area (Å²) in [6.45, 7) is 4.05. The molecule has 0 unspecified atom stereocenters. The van der Waals surface area contributed by atoms with Gasteiger partial charge in [0, 0.05) is 37.2 Å². The van der Waals surface area contributed by atoms with Crippen molar-refractivity contribution in [1.82, 2.24) is 4.90 Å². The van der Waals surface area contributed by atoms with Crippen LogP contribution in [0.3, 0.4) is 0 Å². The average Bonchev–Trinajstić information content (AvgIpc) is 3.36. The zero-order valence-electron chi connectivity index (χ0n) is 22.0. The molecule has 0 bridgehead atoms. The lowest BCUT2D eigenvalue weighted by molar-refractivity contribution is -0.137. The van der Waals surface area contributed by atoms with Gasteiger partial charge in [-0.1, -0.05) is 72.8 Å². The zero-order chi connectivity index (χ0) is 26.6. The van der Waals surface area contributed by atoms with Gasteiger partial charge in [0.15, 0.2) is 0 Å². The van der Waals surface area contributed by atoms with E-state index in [0.29, 0.717) is 13.2 Å². The molecule has 0 saturated heterocycles. The molecule has 2 heterocycles. The lowest BCUT2D eigenvalue weighted by Crippen LogP contribution is -2.32. The lowest BCUT2D eigenvalue weighted by Gasteiger charge is -2.29. The van der Waals surface area contributed by atoms with Gasteiger partial charge in [-0.2, -0.15) is 0 Å². The molecule has 0 spiro atoms. The number of carboxylic acid groups (broad SMARTS) is 1. The second-order valence-corrected chi connectivity index (χ2v) is 10.5. The number of ether oxygens (including phenoxy) is 2. The maximum Gasteiger partial charge on any atom is 0.304 e. The van der Waals surface area contributed by atoms with Crippen LogP contribution in [0.25, 0.3) is 11.1 Å². The van der Waals surface area contributed by atoms with Crippen molar-refractivity contribution in [2.24, 2.45) is 0 Å². The van der Waals surface area contributed by atoms with Crippen molar-refractivity contribution in [3.8, 4) is 22.6 Å². The van der Waals surface area contributed by atoms with Crippen molar-refractivity contribution in [3.05, 3.63) is 119 Å². The van der Waals surface area contributed by atoms with Gasteiger partial charge in [-0.25, -0.2) is 0 Å². The first-order valence-corrected chi connectivity index (χ1v) is 13.7. The number of rotatable bonds is 9. The molecule has 0 saturated carbocycles. The molecule has 6 rings (SSSR count). The Morgan fingerprint density at radius 1 is 0.897 bits per heavy atom. The Labute approximate surface area is 229 Å². The highest BCUT2D eigenvalue weighted by atomic mass is 16.5. The summed E-state index contributed by atoms with van der Waals surface area (Å²) < 4.78 is 11.8. The van der Waals surface area contributed by atoms with E-state index < -0.39 is 5.97 Å². The number of carboxylic acids is 1. The van der Waals surface area contributed by atoms with Gasteiger partial charge in [0.1, 0.15) is 18.1 Å². The van der Waals surface area contributed by atoms with Gasteiger partial charge >= 0.3 is 5.97 Å². The van der Waals surface area contributed by atoms with E-state index in [0.717, 1.165) is 55.1 Å². The van der Waals surface area contributed by atoms with Crippen molar-refractivity contribution >= 4 is 5.97 Å². The second kappa shape index (κ2) is 11.3. The van der Waals surface area contributed by atoms with Crippen molar-refractivity contribution in [3.63, 3.8) is 0 Å². The van der Waals surface area contributed by atoms with Crippen LogP contribution in [0, 0.1) is 0 Å². The first-order chi connectivity index (χ1) is 19.1. The fourth-order valence-electron chi connectivity index (χ4n) is 5.65. The van der Waals surface area contributed by atoms with Crippen LogP contribution >= 0.6 is 0 Å². The molecular weight excluding hydrogens is 486 g/mol. The Morgan fingerprint density at radius 2 is 1.74 bits per heavy atom. The molecule has 0 aromatic heterocycles. The number of benzene rings is 4. The number of hydrogen-bond donors (Lipinski definition) is 1. The molecule has 1 N–H and O–H groups in total. The SMILES string of the molecule is O=C(O)C[C@@H]1COc2cc(OCc3cccc(-c4ccc5c(c4)CCN(CCc4ccccc4)C5)c3)ccc21. The van der Waals surface area contributed by atoms with E-state index in [-0.39, 0.29) is 12.3 Å². The van der Waals surface area contributed by atoms with Crippen molar-refractivity contribution in [1.29, 1.82) is 0 Å². The first kappa shape index (κ1) is 25.2. The Bertz CT molecular complexity index is 1470. The van der Waals surface area contributed by atoms with Crippen molar-refractivity contribution < 1.29 is 19.4 Å². The van der Waals surface area contributed by atoms with Crippen LogP contribution in [-0.2, 0) is 30.8 Å². The minimum absolute atomic E-state index is 0.0786. The Kier molecular flexibility index (Phi) is 7.33. The lowest BCUT2D eigenvalue weighted by atomic mass is 9.94. The van der Waals surface area contributed by atoms with Gasteiger partial charge in [-0.05, 0) is 58.4 Å². The Hall–Kier alpha value is -4.09. The van der Waals surface area contributed by atoms with Crippen molar-refractivity contribution in [2.75, 3.05) is 19.7 Å². The van der Waals surface area contributed by atoms with E-state index in [4.69, 9.17) is 14.6 Å². The van der Waals surface area contributed by atoms with E-state index in [2.05, 4.69) is 77.7 Å². The summed E-state index contributed by atoms with van der Waals surface area (Å²) in [5, 5.41) is 9.11. The minimum Gasteiger partial charge on any atom is -0.492 e. The molecule has 1 atom stereocenters. The van der Waals surface area contributed by atoms with E-state index in [1.165, 1.54) is 27.8 Å². The van der Waals surface area contributed by atoms with Gasteiger partial charge in [0.05, 0.1) is 13.0 Å². The van der Waals surface area contributed by atoms with Crippen LogP contribution in [0.4, 0.5) is 0 Å². The van der Waals surface area contributed by atoms with E-state index in [1.807, 2.05) is 18.2 Å². The summed E-state index contributed by atoms with van der Waals surface area (Å²) in [7, 11) is 0. The van der Waals surface area contributed by atoms with Crippen LogP contribution in [0.15, 0.2) is 91.0 Å². The molecule has 0 radical (unpaired) electrons. The third kappa shape index (κ3) is 5.99. The minimum atomic E-state index is -0.809. The third-order valence-electron chi connectivity index (χ3n) is 7.81. The standard InChI is InChI=1S/C34H33NO4/c36-34(37)19-30-23-39-33-20-31(11-12-32(30)33)38-22-25-7-4-8-26(17-25)27-9-10-29-21-35(16-14-28(29)18-27)15-13-24-5-2-1-3-6-24/h1-12,17-18,20,30H,13-16,19,21-23H2,(H,36,37)/t30-/m1/s1. The van der Waals surface area contributed by atoms with Crippen LogP contribution in [0.5, 0.6) is 11.5 Å². The fourth-order valence-corrected chi connectivity index (χ4v) is 5.65. The van der Waals surface area contributed by atoms with Gasteiger partial charge in [0.2, 0.25) is 0 Å². The Morgan fingerprint density at radius 3 is 2.62 bits per heavy atom. The van der Waals surface area contributed by atoms with Crippen molar-refractivity contribution in [2.45, 2.75) is 38.3 Å². The normalized spacial score (nSPS) is 16.3. The molecule has 0 fully saturated rings.